The second kappa shape index (κ2) is 8.33. The molecule has 9 heteroatoms. The Morgan fingerprint density at radius 1 is 1.06 bits per heavy atom. The molecular weight excluding hydrogens is 416 g/mol. The normalized spacial score (nSPS) is 11.2. The number of aromatic nitrogens is 4. The van der Waals surface area contributed by atoms with E-state index >= 15 is 0 Å². The van der Waals surface area contributed by atoms with Crippen LogP contribution in [0.3, 0.4) is 0 Å². The lowest BCUT2D eigenvalue weighted by atomic mass is 10.1. The van der Waals surface area contributed by atoms with Gasteiger partial charge in [0.2, 0.25) is 0 Å². The van der Waals surface area contributed by atoms with Crippen molar-refractivity contribution in [2.75, 3.05) is 5.32 Å². The predicted octanol–water partition coefficient (Wildman–Crippen LogP) is 4.90. The number of carbonyl (C=O) groups excluding carboxylic acids is 1. The zero-order chi connectivity index (χ0) is 23.0. The SMILES string of the molecule is Cc1cc(C(=O)Nc2c(C)ccnc2C)c2c(C)nn(-c3ccc(OC(F)F)cc3)c2n1. The molecule has 3 heterocycles. The Balaban J connectivity index is 1.78. The van der Waals surface area contributed by atoms with Gasteiger partial charge in [0.05, 0.1) is 33.7 Å². The topological polar surface area (TPSA) is 81.9 Å². The van der Waals surface area contributed by atoms with Crippen LogP contribution < -0.4 is 10.1 Å². The molecule has 0 radical (unpaired) electrons. The smallest absolute Gasteiger partial charge is 0.387 e. The molecule has 0 unspecified atom stereocenters. The van der Waals surface area contributed by atoms with E-state index in [1.807, 2.05) is 19.9 Å². The van der Waals surface area contributed by atoms with Crippen LogP contribution in [-0.4, -0.2) is 32.3 Å². The molecule has 0 atom stereocenters. The van der Waals surface area contributed by atoms with E-state index in [4.69, 9.17) is 0 Å². The molecule has 0 bridgehead atoms. The Kier molecular flexibility index (Phi) is 5.56. The first-order valence-corrected chi connectivity index (χ1v) is 9.90. The van der Waals surface area contributed by atoms with Crippen molar-refractivity contribution in [2.45, 2.75) is 34.3 Å². The van der Waals surface area contributed by atoms with Crippen LogP contribution in [0.1, 0.15) is 33.0 Å². The summed E-state index contributed by atoms with van der Waals surface area (Å²) in [6.07, 6.45) is 1.70. The Hall–Kier alpha value is -3.88. The zero-order valence-corrected chi connectivity index (χ0v) is 18.0. The van der Waals surface area contributed by atoms with Crippen LogP contribution >= 0.6 is 0 Å². The summed E-state index contributed by atoms with van der Waals surface area (Å²) in [4.78, 5) is 22.1. The van der Waals surface area contributed by atoms with Crippen LogP contribution in [0, 0.1) is 27.7 Å². The molecule has 32 heavy (non-hydrogen) atoms. The van der Waals surface area contributed by atoms with Crippen LogP contribution in [0.4, 0.5) is 14.5 Å². The van der Waals surface area contributed by atoms with Gasteiger partial charge in [-0.3, -0.25) is 9.78 Å². The summed E-state index contributed by atoms with van der Waals surface area (Å²) in [5.41, 5.74) is 5.09. The Bertz CT molecular complexity index is 1300. The summed E-state index contributed by atoms with van der Waals surface area (Å²) in [6.45, 7) is 4.43. The number of carbonyl (C=O) groups is 1. The van der Waals surface area contributed by atoms with Gasteiger partial charge < -0.3 is 10.1 Å². The minimum absolute atomic E-state index is 0.0448. The highest BCUT2D eigenvalue weighted by Gasteiger charge is 2.21. The van der Waals surface area contributed by atoms with Gasteiger partial charge in [-0.25, -0.2) is 9.67 Å². The first-order chi connectivity index (χ1) is 15.2. The predicted molar refractivity (Wildman–Crippen MR) is 117 cm³/mol. The molecule has 1 N–H and O–H groups in total. The van der Waals surface area contributed by atoms with Crippen molar-refractivity contribution < 1.29 is 18.3 Å². The van der Waals surface area contributed by atoms with E-state index in [1.54, 1.807) is 42.9 Å². The molecule has 0 aliphatic heterocycles. The van der Waals surface area contributed by atoms with E-state index in [9.17, 15) is 13.6 Å². The number of nitrogens with one attached hydrogen (secondary N) is 1. The van der Waals surface area contributed by atoms with Crippen LogP contribution in [0.5, 0.6) is 5.75 Å². The maximum atomic E-state index is 13.2. The zero-order valence-electron chi connectivity index (χ0n) is 18.0. The highest BCUT2D eigenvalue weighted by molar-refractivity contribution is 6.13. The van der Waals surface area contributed by atoms with Gasteiger partial charge in [-0.15, -0.1) is 0 Å². The van der Waals surface area contributed by atoms with E-state index in [1.165, 1.54) is 12.1 Å². The molecule has 0 spiro atoms. The van der Waals surface area contributed by atoms with Crippen LogP contribution in [0.25, 0.3) is 16.7 Å². The number of hydrogen-bond donors (Lipinski definition) is 1. The number of benzene rings is 1. The molecule has 3 aromatic heterocycles. The van der Waals surface area contributed by atoms with E-state index in [0.29, 0.717) is 39.4 Å². The van der Waals surface area contributed by atoms with Gasteiger partial charge in [-0.05, 0) is 69.7 Å². The fraction of sp³-hybridized carbons (Fsp3) is 0.217. The molecule has 0 saturated heterocycles. The lowest BCUT2D eigenvalue weighted by Gasteiger charge is -2.12. The third-order valence-corrected chi connectivity index (χ3v) is 5.08. The van der Waals surface area contributed by atoms with Crippen molar-refractivity contribution >= 4 is 22.6 Å². The monoisotopic (exact) mass is 437 g/mol. The molecule has 164 valence electrons. The number of nitrogens with zero attached hydrogens (tertiary/aromatic N) is 4. The summed E-state index contributed by atoms with van der Waals surface area (Å²) in [6, 6.07) is 9.63. The number of hydrogen-bond acceptors (Lipinski definition) is 5. The molecule has 0 aliphatic rings. The van der Waals surface area contributed by atoms with E-state index in [0.717, 1.165) is 11.3 Å². The summed E-state index contributed by atoms with van der Waals surface area (Å²) in [5.74, 6) is -0.244. The van der Waals surface area contributed by atoms with Gasteiger partial charge in [0.25, 0.3) is 5.91 Å². The number of anilines is 1. The second-order valence-corrected chi connectivity index (χ2v) is 7.42. The summed E-state index contributed by atoms with van der Waals surface area (Å²) in [7, 11) is 0. The number of amides is 1. The summed E-state index contributed by atoms with van der Waals surface area (Å²) < 4.78 is 30.9. The van der Waals surface area contributed by atoms with Crippen molar-refractivity contribution in [1.82, 2.24) is 19.7 Å². The molecule has 1 aromatic carbocycles. The summed E-state index contributed by atoms with van der Waals surface area (Å²) >= 11 is 0. The van der Waals surface area contributed by atoms with E-state index in [2.05, 4.69) is 25.1 Å². The Morgan fingerprint density at radius 3 is 2.44 bits per heavy atom. The first kappa shape index (κ1) is 21.4. The van der Waals surface area contributed by atoms with E-state index < -0.39 is 6.61 Å². The van der Waals surface area contributed by atoms with Gasteiger partial charge in [0.1, 0.15) is 5.75 Å². The van der Waals surface area contributed by atoms with Gasteiger partial charge in [0, 0.05) is 11.9 Å². The highest BCUT2D eigenvalue weighted by atomic mass is 19.3. The second-order valence-electron chi connectivity index (χ2n) is 7.42. The minimum Gasteiger partial charge on any atom is -0.435 e. The first-order valence-electron chi connectivity index (χ1n) is 9.90. The van der Waals surface area contributed by atoms with Gasteiger partial charge in [-0.1, -0.05) is 0 Å². The third kappa shape index (κ3) is 4.01. The maximum Gasteiger partial charge on any atom is 0.387 e. The lowest BCUT2D eigenvalue weighted by molar-refractivity contribution is -0.0498. The Labute approximate surface area is 183 Å². The maximum absolute atomic E-state index is 13.2. The molecule has 0 saturated carbocycles. The molecule has 7 nitrogen and oxygen atoms in total. The van der Waals surface area contributed by atoms with Gasteiger partial charge in [0.15, 0.2) is 5.65 Å². The van der Waals surface area contributed by atoms with Crippen LogP contribution in [0.15, 0.2) is 42.6 Å². The molecule has 4 rings (SSSR count). The number of aryl methyl sites for hydroxylation is 4. The average Bonchev–Trinajstić information content (AvgIpc) is 3.06. The lowest BCUT2D eigenvalue weighted by Crippen LogP contribution is -2.15. The number of alkyl halides is 2. The summed E-state index contributed by atoms with van der Waals surface area (Å²) in [5, 5.41) is 8.12. The number of ether oxygens (including phenoxy) is 1. The largest absolute Gasteiger partial charge is 0.435 e. The number of halogens is 2. The fourth-order valence-electron chi connectivity index (χ4n) is 3.61. The fourth-order valence-corrected chi connectivity index (χ4v) is 3.61. The number of fused-ring (bicyclic) bond motifs is 1. The molecule has 4 aromatic rings. The van der Waals surface area contributed by atoms with Crippen molar-refractivity contribution in [1.29, 1.82) is 0 Å². The molecular formula is C23H21F2N5O2. The standard InChI is InChI=1S/C23H21F2N5O2/c1-12-9-10-26-15(4)20(12)28-22(31)18-11-13(2)27-21-19(18)14(3)29-30(21)16-5-7-17(8-6-16)32-23(24)25/h5-11,23H,1-4H3,(H,28,31). The van der Waals surface area contributed by atoms with Crippen molar-refractivity contribution in [2.24, 2.45) is 0 Å². The Morgan fingerprint density at radius 2 is 1.78 bits per heavy atom. The van der Waals surface area contributed by atoms with Crippen molar-refractivity contribution in [3.05, 3.63) is 70.8 Å². The van der Waals surface area contributed by atoms with Crippen LogP contribution in [-0.2, 0) is 0 Å². The van der Waals surface area contributed by atoms with Gasteiger partial charge in [-0.2, -0.15) is 13.9 Å². The van der Waals surface area contributed by atoms with Gasteiger partial charge >= 0.3 is 6.61 Å². The highest BCUT2D eigenvalue weighted by Crippen LogP contribution is 2.27. The number of pyridine rings is 2. The quantitative estimate of drug-likeness (QED) is 0.480. The molecule has 0 aliphatic carbocycles. The molecule has 0 fully saturated rings. The molecule has 1 amide bonds. The average molecular weight is 437 g/mol. The van der Waals surface area contributed by atoms with E-state index in [-0.39, 0.29) is 11.7 Å². The number of rotatable bonds is 5. The van der Waals surface area contributed by atoms with Crippen molar-refractivity contribution in [3.8, 4) is 11.4 Å². The third-order valence-electron chi connectivity index (χ3n) is 5.08. The van der Waals surface area contributed by atoms with Crippen LogP contribution in [0.2, 0.25) is 0 Å². The van der Waals surface area contributed by atoms with Crippen molar-refractivity contribution in [3.63, 3.8) is 0 Å². The minimum atomic E-state index is -2.90.